The van der Waals surface area contributed by atoms with Crippen molar-refractivity contribution in [2.75, 3.05) is 0 Å². The number of hydrogen-bond acceptors (Lipinski definition) is 3. The van der Waals surface area contributed by atoms with Gasteiger partial charge in [-0.15, -0.1) is 0 Å². The van der Waals surface area contributed by atoms with Gasteiger partial charge in [-0.1, -0.05) is 102 Å². The van der Waals surface area contributed by atoms with Gasteiger partial charge in [0.25, 0.3) is 0 Å². The molecule has 1 aromatic heterocycles. The van der Waals surface area contributed by atoms with E-state index in [0.717, 1.165) is 36.7 Å². The zero-order valence-electron chi connectivity index (χ0n) is 25.7. The van der Waals surface area contributed by atoms with Crippen molar-refractivity contribution in [2.45, 2.75) is 81.6 Å². The summed E-state index contributed by atoms with van der Waals surface area (Å²) in [7, 11) is 0. The van der Waals surface area contributed by atoms with Crippen molar-refractivity contribution in [3.05, 3.63) is 112 Å². The average molecular weight is 530 g/mol. The lowest BCUT2D eigenvalue weighted by atomic mass is 9.90. The summed E-state index contributed by atoms with van der Waals surface area (Å²) < 4.78 is 0. The molecule has 206 valence electrons. The highest BCUT2D eigenvalue weighted by molar-refractivity contribution is 6.04. The minimum Gasteiger partial charge on any atom is -0.219 e. The van der Waals surface area contributed by atoms with Crippen LogP contribution in [0.2, 0.25) is 0 Å². The molecule has 0 saturated carbocycles. The van der Waals surface area contributed by atoms with Crippen LogP contribution < -0.4 is 0 Å². The van der Waals surface area contributed by atoms with Crippen LogP contribution in [0.25, 0.3) is 33.0 Å². The molecule has 0 fully saturated rings. The van der Waals surface area contributed by atoms with E-state index in [1.807, 2.05) is 62.3 Å². The number of nitrogens with zero attached hydrogens (tertiary/aromatic N) is 3. The molecule has 0 saturated heterocycles. The molecule has 8 rings (SSSR count). The van der Waals surface area contributed by atoms with Crippen LogP contribution in [0.1, 0.15) is 92.4 Å². The van der Waals surface area contributed by atoms with Gasteiger partial charge in [0.1, 0.15) is 17.5 Å². The number of benzene rings is 4. The Morgan fingerprint density at radius 3 is 1.52 bits per heavy atom. The summed E-state index contributed by atoms with van der Waals surface area (Å²) in [5.41, 5.74) is 15.3. The van der Waals surface area contributed by atoms with Crippen molar-refractivity contribution >= 4 is 10.8 Å². The van der Waals surface area contributed by atoms with Crippen LogP contribution in [0.3, 0.4) is 0 Å². The maximum Gasteiger partial charge on any atom is 0.129 e. The zero-order chi connectivity index (χ0) is 29.0. The molecular formula is C37H43N3. The van der Waals surface area contributed by atoms with E-state index >= 15 is 0 Å². The highest BCUT2D eigenvalue weighted by Gasteiger charge is 2.34. The van der Waals surface area contributed by atoms with Gasteiger partial charge in [-0.25, -0.2) is 15.0 Å². The second-order valence-corrected chi connectivity index (χ2v) is 9.70. The molecule has 0 bridgehead atoms. The van der Waals surface area contributed by atoms with Crippen molar-refractivity contribution < 1.29 is 0 Å². The summed E-state index contributed by atoms with van der Waals surface area (Å²) in [6.07, 6.45) is 3.25. The van der Waals surface area contributed by atoms with Gasteiger partial charge in [0.2, 0.25) is 0 Å². The second-order valence-electron chi connectivity index (χ2n) is 9.70. The van der Waals surface area contributed by atoms with Gasteiger partial charge in [-0.2, -0.15) is 0 Å². The molecule has 0 N–H and O–H groups in total. The molecule has 3 aliphatic rings. The van der Waals surface area contributed by atoms with E-state index in [9.17, 15) is 0 Å². The lowest BCUT2D eigenvalue weighted by Gasteiger charge is -2.13. The van der Waals surface area contributed by atoms with Crippen LogP contribution in [0.15, 0.2) is 60.7 Å². The summed E-state index contributed by atoms with van der Waals surface area (Å²) in [6.45, 7) is 17.6. The Hall–Kier alpha value is -3.85. The molecular weight excluding hydrogens is 486 g/mol. The Morgan fingerprint density at radius 1 is 0.450 bits per heavy atom. The monoisotopic (exact) mass is 529 g/mol. The summed E-state index contributed by atoms with van der Waals surface area (Å²) in [5.74, 6) is 2.38. The van der Waals surface area contributed by atoms with Crippen molar-refractivity contribution in [2.24, 2.45) is 0 Å². The van der Waals surface area contributed by atoms with Gasteiger partial charge in [0, 0.05) is 0 Å². The van der Waals surface area contributed by atoms with Crippen molar-refractivity contribution in [1.82, 2.24) is 15.0 Å². The molecule has 40 heavy (non-hydrogen) atoms. The van der Waals surface area contributed by atoms with Crippen LogP contribution in [-0.2, 0) is 19.3 Å². The molecule has 3 aliphatic carbocycles. The first-order valence-electron chi connectivity index (χ1n) is 15.0. The van der Waals surface area contributed by atoms with Crippen LogP contribution in [0, 0.1) is 20.8 Å². The topological polar surface area (TPSA) is 38.7 Å². The smallest absolute Gasteiger partial charge is 0.129 e. The highest BCUT2D eigenvalue weighted by atomic mass is 15.0. The predicted octanol–water partition coefficient (Wildman–Crippen LogP) is 9.76. The van der Waals surface area contributed by atoms with Gasteiger partial charge in [0.15, 0.2) is 0 Å². The van der Waals surface area contributed by atoms with E-state index in [4.69, 9.17) is 0 Å². The molecule has 0 amide bonds. The fraction of sp³-hybridized carbons (Fsp3) is 0.324. The summed E-state index contributed by atoms with van der Waals surface area (Å²) in [4.78, 5) is 12.0. The molecule has 0 atom stereocenters. The normalized spacial score (nSPS) is 11.8. The van der Waals surface area contributed by atoms with E-state index < -0.39 is 0 Å². The van der Waals surface area contributed by atoms with Crippen LogP contribution in [-0.4, -0.2) is 15.0 Å². The zero-order valence-corrected chi connectivity index (χ0v) is 25.7. The Morgan fingerprint density at radius 2 is 0.925 bits per heavy atom. The predicted molar refractivity (Wildman–Crippen MR) is 171 cm³/mol. The Balaban J connectivity index is 0.000000209. The summed E-state index contributed by atoms with van der Waals surface area (Å²) in [6, 6.07) is 23.1. The number of hydrogen-bond donors (Lipinski definition) is 0. The Bertz CT molecular complexity index is 1610. The maximum absolute atomic E-state index is 4.01. The number of fused-ring (bicyclic) bond motifs is 2. The first-order chi connectivity index (χ1) is 19.6. The fourth-order valence-corrected chi connectivity index (χ4v) is 6.32. The lowest BCUT2D eigenvalue weighted by Crippen LogP contribution is -1.97. The molecule has 0 radical (unpaired) electrons. The summed E-state index contributed by atoms with van der Waals surface area (Å²) in [5, 5.41) is 2.83. The van der Waals surface area contributed by atoms with Crippen molar-refractivity contribution in [3.8, 4) is 22.3 Å². The third-order valence-corrected chi connectivity index (χ3v) is 7.45. The molecule has 1 heterocycles. The third kappa shape index (κ3) is 5.06. The van der Waals surface area contributed by atoms with Crippen molar-refractivity contribution in [1.29, 1.82) is 0 Å². The number of rotatable bonds is 0. The van der Waals surface area contributed by atoms with Crippen LogP contribution in [0.5, 0.6) is 0 Å². The summed E-state index contributed by atoms with van der Waals surface area (Å²) >= 11 is 0. The molecule has 3 nitrogen and oxygen atoms in total. The molecule has 3 heteroatoms. The van der Waals surface area contributed by atoms with Crippen molar-refractivity contribution in [3.63, 3.8) is 0 Å². The molecule has 5 aromatic rings. The Kier molecular flexibility index (Phi) is 9.14. The van der Waals surface area contributed by atoms with Crippen LogP contribution in [0.4, 0.5) is 0 Å². The van der Waals surface area contributed by atoms with Gasteiger partial charge in [-0.05, 0) is 106 Å². The van der Waals surface area contributed by atoms with E-state index in [-0.39, 0.29) is 0 Å². The quantitative estimate of drug-likeness (QED) is 0.196. The van der Waals surface area contributed by atoms with E-state index in [2.05, 4.69) is 75.6 Å². The Labute approximate surface area is 240 Å². The minimum atomic E-state index is 0.792. The number of aromatic nitrogens is 3. The van der Waals surface area contributed by atoms with Gasteiger partial charge in [0.05, 0.1) is 0 Å². The lowest BCUT2D eigenvalue weighted by molar-refractivity contribution is 0.875. The maximum atomic E-state index is 4.01. The van der Waals surface area contributed by atoms with E-state index in [1.54, 1.807) is 27.8 Å². The molecule has 0 unspecified atom stereocenters. The number of aryl methyl sites for hydroxylation is 3. The standard InChI is InChI=1S/C25H16.C6H9N3.3C2H6/c1-2-7-20-14(4-1)10-19-12-18-9-8-17-11-15-5-3-6-16-13-21(20)23(19)25(18)24(17)22(15)16;1-4-7-5(2)9-6(3)8-4;3*1-2/h1-10H,11-13H2;1-3H3;3*1-2H3. The SMILES string of the molecule is CC.CC.CC.Cc1nc(C)nc(C)n1.c1cc2c3c(c1)Cc1c4c(cc5ccccc15)Cc1ccc(c-3c1-4)C2. The van der Waals surface area contributed by atoms with E-state index in [0.29, 0.717) is 0 Å². The fourth-order valence-electron chi connectivity index (χ4n) is 6.32. The van der Waals surface area contributed by atoms with E-state index in [1.165, 1.54) is 38.6 Å². The molecule has 0 aliphatic heterocycles. The van der Waals surface area contributed by atoms with Gasteiger partial charge >= 0.3 is 0 Å². The first kappa shape index (κ1) is 29.1. The van der Waals surface area contributed by atoms with Gasteiger partial charge in [-0.3, -0.25) is 0 Å². The van der Waals surface area contributed by atoms with Gasteiger partial charge < -0.3 is 0 Å². The van der Waals surface area contributed by atoms with Crippen LogP contribution >= 0.6 is 0 Å². The largest absolute Gasteiger partial charge is 0.219 e. The second kappa shape index (κ2) is 12.6. The first-order valence-corrected chi connectivity index (χ1v) is 15.0. The third-order valence-electron chi connectivity index (χ3n) is 7.45. The molecule has 0 spiro atoms. The minimum absolute atomic E-state index is 0.792. The average Bonchev–Trinajstić information content (AvgIpc) is 3.49. The highest BCUT2D eigenvalue weighted by Crippen LogP contribution is 2.54. The molecule has 4 aromatic carbocycles.